The van der Waals surface area contributed by atoms with Crippen molar-refractivity contribution in [2.75, 3.05) is 6.61 Å². The molecule has 0 bridgehead atoms. The van der Waals surface area contributed by atoms with Crippen molar-refractivity contribution < 1.29 is 4.43 Å². The summed E-state index contributed by atoms with van der Waals surface area (Å²) >= 11 is 0. The van der Waals surface area contributed by atoms with Crippen LogP contribution in [0.5, 0.6) is 0 Å². The van der Waals surface area contributed by atoms with Gasteiger partial charge in [0, 0.05) is 6.61 Å². The molecule has 0 amide bonds. The van der Waals surface area contributed by atoms with Crippen LogP contribution in [0.15, 0.2) is 12.7 Å². The molecule has 0 aromatic heterocycles. The lowest BCUT2D eigenvalue weighted by molar-refractivity contribution is 0.280. The Morgan fingerprint density at radius 2 is 2.45 bits per heavy atom. The molecule has 1 aliphatic rings. The zero-order chi connectivity index (χ0) is 8.10. The van der Waals surface area contributed by atoms with Crippen LogP contribution in [0.2, 0.25) is 11.6 Å². The van der Waals surface area contributed by atoms with Crippen molar-refractivity contribution in [1.29, 1.82) is 0 Å². The molecular formula is C9H18OSi. The minimum absolute atomic E-state index is 0.799. The second-order valence-corrected chi connectivity index (χ2v) is 6.53. The maximum Gasteiger partial charge on any atom is 0.180 e. The molecule has 1 saturated heterocycles. The lowest BCUT2D eigenvalue weighted by Crippen LogP contribution is -2.27. The monoisotopic (exact) mass is 170 g/mol. The average molecular weight is 170 g/mol. The first kappa shape index (κ1) is 9.01. The van der Waals surface area contributed by atoms with Gasteiger partial charge in [-0.2, -0.15) is 0 Å². The van der Waals surface area contributed by atoms with E-state index < -0.39 is 9.04 Å². The van der Waals surface area contributed by atoms with Crippen LogP contribution in [0.3, 0.4) is 0 Å². The zero-order valence-corrected chi connectivity index (χ0v) is 8.54. The van der Waals surface area contributed by atoms with E-state index in [4.69, 9.17) is 4.43 Å². The molecule has 0 radical (unpaired) electrons. The van der Waals surface area contributed by atoms with E-state index >= 15 is 0 Å². The number of allylic oxidation sites excluding steroid dienone is 1. The molecular weight excluding hydrogens is 152 g/mol. The molecule has 64 valence electrons. The van der Waals surface area contributed by atoms with E-state index in [0.717, 1.165) is 18.6 Å². The van der Waals surface area contributed by atoms with Crippen molar-refractivity contribution in [2.24, 2.45) is 0 Å². The highest BCUT2D eigenvalue weighted by molar-refractivity contribution is 6.53. The molecule has 1 aliphatic heterocycles. The maximum absolute atomic E-state index is 5.78. The third-order valence-electron chi connectivity index (χ3n) is 2.39. The molecule has 2 unspecified atom stereocenters. The summed E-state index contributed by atoms with van der Waals surface area (Å²) in [5.74, 6) is 0. The molecule has 1 nitrogen and oxygen atoms in total. The first-order valence-electron chi connectivity index (χ1n) is 4.57. The summed E-state index contributed by atoms with van der Waals surface area (Å²) in [6.07, 6.45) is 5.86. The summed E-state index contributed by atoms with van der Waals surface area (Å²) in [7, 11) is -0.809. The summed E-state index contributed by atoms with van der Waals surface area (Å²) < 4.78 is 5.78. The molecule has 11 heavy (non-hydrogen) atoms. The van der Waals surface area contributed by atoms with Crippen LogP contribution in [0.1, 0.15) is 26.2 Å². The largest absolute Gasteiger partial charge is 0.420 e. The number of hydrogen-bond acceptors (Lipinski definition) is 1. The van der Waals surface area contributed by atoms with Gasteiger partial charge in [-0.3, -0.25) is 0 Å². The van der Waals surface area contributed by atoms with Gasteiger partial charge in [-0.15, -0.1) is 6.58 Å². The SMILES string of the molecule is C=CCC(C)[SiH]1CCCCO1. The van der Waals surface area contributed by atoms with Crippen LogP contribution < -0.4 is 0 Å². The van der Waals surface area contributed by atoms with Gasteiger partial charge < -0.3 is 4.43 Å². The highest BCUT2D eigenvalue weighted by atomic mass is 28.3. The molecule has 1 rings (SSSR count). The molecule has 0 N–H and O–H groups in total. The molecule has 2 atom stereocenters. The Morgan fingerprint density at radius 3 is 3.00 bits per heavy atom. The Kier molecular flexibility index (Phi) is 3.87. The molecule has 2 heteroatoms. The van der Waals surface area contributed by atoms with Crippen LogP contribution in [-0.2, 0) is 4.43 Å². The highest BCUT2D eigenvalue weighted by Crippen LogP contribution is 2.23. The molecule has 0 spiro atoms. The van der Waals surface area contributed by atoms with E-state index in [0.29, 0.717) is 0 Å². The highest BCUT2D eigenvalue weighted by Gasteiger charge is 2.21. The summed E-state index contributed by atoms with van der Waals surface area (Å²) in [6.45, 7) is 7.10. The summed E-state index contributed by atoms with van der Waals surface area (Å²) in [5.41, 5.74) is 0.799. The van der Waals surface area contributed by atoms with E-state index in [-0.39, 0.29) is 0 Å². The zero-order valence-electron chi connectivity index (χ0n) is 7.38. The summed E-state index contributed by atoms with van der Waals surface area (Å²) in [4.78, 5) is 0. The molecule has 1 heterocycles. The Bertz CT molecular complexity index is 119. The quantitative estimate of drug-likeness (QED) is 0.467. The normalized spacial score (nSPS) is 27.9. The Labute approximate surface area is 71.2 Å². The molecule has 0 saturated carbocycles. The lowest BCUT2D eigenvalue weighted by Gasteiger charge is -2.25. The Balaban J connectivity index is 2.26. The van der Waals surface area contributed by atoms with Crippen LogP contribution in [0, 0.1) is 0 Å². The fraction of sp³-hybridized carbons (Fsp3) is 0.778. The van der Waals surface area contributed by atoms with Crippen molar-refractivity contribution in [2.45, 2.75) is 37.8 Å². The molecule has 0 aromatic rings. The minimum Gasteiger partial charge on any atom is -0.420 e. The standard InChI is InChI=1S/C9H18OSi/c1-3-6-9(2)11-8-5-4-7-10-11/h3,9,11H,1,4-8H2,2H3. The fourth-order valence-corrected chi connectivity index (χ4v) is 4.35. The van der Waals surface area contributed by atoms with Gasteiger partial charge >= 0.3 is 0 Å². The second kappa shape index (κ2) is 4.73. The van der Waals surface area contributed by atoms with Crippen molar-refractivity contribution in [3.63, 3.8) is 0 Å². The Morgan fingerprint density at radius 1 is 1.64 bits per heavy atom. The summed E-state index contributed by atoms with van der Waals surface area (Å²) in [6, 6.07) is 1.38. The van der Waals surface area contributed by atoms with Gasteiger partial charge in [0.25, 0.3) is 0 Å². The van der Waals surface area contributed by atoms with Crippen LogP contribution >= 0.6 is 0 Å². The van der Waals surface area contributed by atoms with Crippen molar-refractivity contribution in [3.05, 3.63) is 12.7 Å². The predicted octanol–water partition coefficient (Wildman–Crippen LogP) is 2.49. The summed E-state index contributed by atoms with van der Waals surface area (Å²) in [5, 5.41) is 0. The van der Waals surface area contributed by atoms with Crippen LogP contribution in [-0.4, -0.2) is 15.6 Å². The van der Waals surface area contributed by atoms with E-state index in [1.165, 1.54) is 18.9 Å². The van der Waals surface area contributed by atoms with Gasteiger partial charge in [0.1, 0.15) is 0 Å². The third-order valence-corrected chi connectivity index (χ3v) is 5.57. The van der Waals surface area contributed by atoms with E-state index in [1.54, 1.807) is 0 Å². The van der Waals surface area contributed by atoms with Crippen LogP contribution in [0.4, 0.5) is 0 Å². The lowest BCUT2D eigenvalue weighted by atomic mass is 10.3. The van der Waals surface area contributed by atoms with Gasteiger partial charge in [0.15, 0.2) is 9.04 Å². The first-order valence-corrected chi connectivity index (χ1v) is 6.52. The van der Waals surface area contributed by atoms with Crippen molar-refractivity contribution >= 4 is 9.04 Å². The molecule has 0 aliphatic carbocycles. The topological polar surface area (TPSA) is 9.23 Å². The molecule has 1 fully saturated rings. The minimum atomic E-state index is -0.809. The third kappa shape index (κ3) is 2.79. The van der Waals surface area contributed by atoms with Gasteiger partial charge in [0.05, 0.1) is 0 Å². The van der Waals surface area contributed by atoms with Gasteiger partial charge in [-0.1, -0.05) is 19.4 Å². The number of hydrogen-bond donors (Lipinski definition) is 0. The maximum atomic E-state index is 5.78. The van der Waals surface area contributed by atoms with Crippen molar-refractivity contribution in [1.82, 2.24) is 0 Å². The Hall–Kier alpha value is -0.0831. The van der Waals surface area contributed by atoms with Crippen LogP contribution in [0.25, 0.3) is 0 Å². The second-order valence-electron chi connectivity index (χ2n) is 3.41. The van der Waals surface area contributed by atoms with E-state index in [2.05, 4.69) is 13.5 Å². The van der Waals surface area contributed by atoms with E-state index in [1.807, 2.05) is 6.08 Å². The fourth-order valence-electron chi connectivity index (χ4n) is 1.63. The van der Waals surface area contributed by atoms with Gasteiger partial charge in [-0.25, -0.2) is 0 Å². The van der Waals surface area contributed by atoms with Crippen molar-refractivity contribution in [3.8, 4) is 0 Å². The van der Waals surface area contributed by atoms with Gasteiger partial charge in [0.2, 0.25) is 0 Å². The smallest absolute Gasteiger partial charge is 0.180 e. The molecule has 0 aromatic carbocycles. The van der Waals surface area contributed by atoms with E-state index in [9.17, 15) is 0 Å². The first-order chi connectivity index (χ1) is 5.34. The average Bonchev–Trinajstić information content (AvgIpc) is 2.07. The predicted molar refractivity (Wildman–Crippen MR) is 51.4 cm³/mol. The number of rotatable bonds is 3. The van der Waals surface area contributed by atoms with Gasteiger partial charge in [-0.05, 0) is 24.4 Å².